The molecule has 1 aliphatic rings. The predicted octanol–water partition coefficient (Wildman–Crippen LogP) is 0.656. The standard InChI is InChI=1S/C12H13BrN2O5S/c1-7-11(16)14-4-5-15(7)21(19,20)8-2-3-10(13)9(6-8)12(17)18/h2-3,6-7H,4-5H2,1H3,(H,14,16)(H,17,18). The minimum absolute atomic E-state index is 0.147. The van der Waals surface area contributed by atoms with Gasteiger partial charge in [-0.1, -0.05) is 0 Å². The van der Waals surface area contributed by atoms with Gasteiger partial charge >= 0.3 is 5.97 Å². The zero-order valence-electron chi connectivity index (χ0n) is 11.0. The van der Waals surface area contributed by atoms with Gasteiger partial charge in [0.1, 0.15) is 6.04 Å². The molecule has 1 aromatic rings. The van der Waals surface area contributed by atoms with Gasteiger partial charge in [0, 0.05) is 17.6 Å². The van der Waals surface area contributed by atoms with E-state index >= 15 is 0 Å². The molecule has 0 aliphatic carbocycles. The summed E-state index contributed by atoms with van der Waals surface area (Å²) in [6, 6.07) is 2.93. The molecule has 1 atom stereocenters. The summed E-state index contributed by atoms with van der Waals surface area (Å²) in [4.78, 5) is 22.5. The number of piperazine rings is 1. The maximum absolute atomic E-state index is 12.6. The van der Waals surface area contributed by atoms with Gasteiger partial charge in [0.15, 0.2) is 0 Å². The monoisotopic (exact) mass is 376 g/mol. The Bertz CT molecular complexity index is 704. The number of carboxylic acids is 1. The van der Waals surface area contributed by atoms with Crippen LogP contribution in [0.25, 0.3) is 0 Å². The molecule has 0 spiro atoms. The number of carbonyl (C=O) groups excluding carboxylic acids is 1. The number of carboxylic acid groups (broad SMARTS) is 1. The zero-order chi connectivity index (χ0) is 15.8. The molecule has 114 valence electrons. The van der Waals surface area contributed by atoms with Gasteiger partial charge < -0.3 is 10.4 Å². The summed E-state index contributed by atoms with van der Waals surface area (Å²) in [6.45, 7) is 1.86. The van der Waals surface area contributed by atoms with Crippen LogP contribution in [0.1, 0.15) is 17.3 Å². The first-order chi connectivity index (χ1) is 9.75. The molecule has 2 rings (SSSR count). The molecule has 0 bridgehead atoms. The van der Waals surface area contributed by atoms with Gasteiger partial charge in [0.05, 0.1) is 10.5 Å². The molecule has 0 radical (unpaired) electrons. The van der Waals surface area contributed by atoms with Gasteiger partial charge in [-0.2, -0.15) is 4.31 Å². The van der Waals surface area contributed by atoms with Crippen LogP contribution in [0.5, 0.6) is 0 Å². The highest BCUT2D eigenvalue weighted by molar-refractivity contribution is 9.10. The lowest BCUT2D eigenvalue weighted by Gasteiger charge is -2.31. The average molecular weight is 377 g/mol. The van der Waals surface area contributed by atoms with E-state index in [1.807, 2.05) is 0 Å². The first kappa shape index (κ1) is 15.9. The molecule has 1 aromatic carbocycles. The van der Waals surface area contributed by atoms with Crippen LogP contribution >= 0.6 is 15.9 Å². The van der Waals surface area contributed by atoms with Crippen molar-refractivity contribution < 1.29 is 23.1 Å². The molecule has 0 saturated carbocycles. The number of rotatable bonds is 3. The second-order valence-electron chi connectivity index (χ2n) is 4.53. The van der Waals surface area contributed by atoms with Crippen molar-refractivity contribution in [1.29, 1.82) is 0 Å². The van der Waals surface area contributed by atoms with Crippen molar-refractivity contribution in [3.63, 3.8) is 0 Å². The third-order valence-corrected chi connectivity index (χ3v) is 5.88. The fraction of sp³-hybridized carbons (Fsp3) is 0.333. The maximum Gasteiger partial charge on any atom is 0.336 e. The molecule has 21 heavy (non-hydrogen) atoms. The van der Waals surface area contributed by atoms with E-state index in [0.29, 0.717) is 4.47 Å². The number of hydrogen-bond donors (Lipinski definition) is 2. The third-order valence-electron chi connectivity index (χ3n) is 3.22. The predicted molar refractivity (Wildman–Crippen MR) is 77.5 cm³/mol. The minimum Gasteiger partial charge on any atom is -0.478 e. The highest BCUT2D eigenvalue weighted by atomic mass is 79.9. The molecule has 9 heteroatoms. The van der Waals surface area contributed by atoms with Crippen molar-refractivity contribution in [2.75, 3.05) is 13.1 Å². The molecule has 1 saturated heterocycles. The van der Waals surface area contributed by atoms with Crippen LogP contribution in [0, 0.1) is 0 Å². The van der Waals surface area contributed by atoms with Gasteiger partial charge in [0.2, 0.25) is 15.9 Å². The Kier molecular flexibility index (Phi) is 4.35. The normalized spacial score (nSPS) is 20.1. The summed E-state index contributed by atoms with van der Waals surface area (Å²) < 4.78 is 26.5. The Morgan fingerprint density at radius 2 is 2.14 bits per heavy atom. The van der Waals surface area contributed by atoms with Gasteiger partial charge in [-0.05, 0) is 41.1 Å². The van der Waals surface area contributed by atoms with E-state index in [1.54, 1.807) is 0 Å². The van der Waals surface area contributed by atoms with Crippen LogP contribution in [0.2, 0.25) is 0 Å². The minimum atomic E-state index is -3.93. The van der Waals surface area contributed by atoms with Crippen molar-refractivity contribution in [2.45, 2.75) is 17.9 Å². The molecule has 1 amide bonds. The van der Waals surface area contributed by atoms with Crippen LogP contribution < -0.4 is 5.32 Å². The number of hydrogen-bond acceptors (Lipinski definition) is 4. The first-order valence-corrected chi connectivity index (χ1v) is 8.31. The Morgan fingerprint density at radius 1 is 1.48 bits per heavy atom. The summed E-state index contributed by atoms with van der Waals surface area (Å²) in [5.41, 5.74) is -0.148. The lowest BCUT2D eigenvalue weighted by Crippen LogP contribution is -2.55. The summed E-state index contributed by atoms with van der Waals surface area (Å²) in [7, 11) is -3.93. The number of nitrogens with zero attached hydrogens (tertiary/aromatic N) is 1. The van der Waals surface area contributed by atoms with E-state index in [1.165, 1.54) is 19.1 Å². The fourth-order valence-corrected chi connectivity index (χ4v) is 4.09. The smallest absolute Gasteiger partial charge is 0.336 e. The molecular formula is C12H13BrN2O5S. The lowest BCUT2D eigenvalue weighted by molar-refractivity contribution is -0.126. The van der Waals surface area contributed by atoms with Crippen LogP contribution in [-0.2, 0) is 14.8 Å². The Labute approximate surface area is 130 Å². The molecule has 7 nitrogen and oxygen atoms in total. The number of sulfonamides is 1. The molecule has 1 aliphatic heterocycles. The summed E-state index contributed by atoms with van der Waals surface area (Å²) in [5.74, 6) is -1.61. The van der Waals surface area contributed by atoms with Crippen molar-refractivity contribution in [3.05, 3.63) is 28.2 Å². The number of carbonyl (C=O) groups is 2. The second-order valence-corrected chi connectivity index (χ2v) is 7.27. The fourth-order valence-electron chi connectivity index (χ4n) is 2.05. The number of halogens is 1. The first-order valence-electron chi connectivity index (χ1n) is 6.07. The number of benzene rings is 1. The van der Waals surface area contributed by atoms with E-state index in [0.717, 1.165) is 10.4 Å². The van der Waals surface area contributed by atoms with Crippen LogP contribution in [0.4, 0.5) is 0 Å². The highest BCUT2D eigenvalue weighted by Gasteiger charge is 2.35. The maximum atomic E-state index is 12.6. The summed E-state index contributed by atoms with van der Waals surface area (Å²) in [6.07, 6.45) is 0. The van der Waals surface area contributed by atoms with E-state index in [4.69, 9.17) is 5.11 Å². The van der Waals surface area contributed by atoms with E-state index in [2.05, 4.69) is 21.2 Å². The quantitative estimate of drug-likeness (QED) is 0.805. The van der Waals surface area contributed by atoms with Crippen molar-refractivity contribution in [2.24, 2.45) is 0 Å². The van der Waals surface area contributed by atoms with Crippen LogP contribution in [0.15, 0.2) is 27.6 Å². The van der Waals surface area contributed by atoms with Gasteiger partial charge in [-0.3, -0.25) is 4.79 Å². The van der Waals surface area contributed by atoms with Gasteiger partial charge in [-0.15, -0.1) is 0 Å². The van der Waals surface area contributed by atoms with Crippen molar-refractivity contribution in [3.8, 4) is 0 Å². The Morgan fingerprint density at radius 3 is 2.76 bits per heavy atom. The zero-order valence-corrected chi connectivity index (χ0v) is 13.4. The molecule has 0 aromatic heterocycles. The highest BCUT2D eigenvalue weighted by Crippen LogP contribution is 2.25. The molecule has 1 unspecified atom stereocenters. The Balaban J connectivity index is 2.47. The molecule has 1 heterocycles. The topological polar surface area (TPSA) is 104 Å². The molecular weight excluding hydrogens is 364 g/mol. The number of aromatic carboxylic acids is 1. The van der Waals surface area contributed by atoms with Gasteiger partial charge in [0.25, 0.3) is 0 Å². The summed E-state index contributed by atoms with van der Waals surface area (Å²) in [5, 5.41) is 11.6. The molecule has 2 N–H and O–H groups in total. The number of amides is 1. The molecule has 1 fully saturated rings. The summed E-state index contributed by atoms with van der Waals surface area (Å²) >= 11 is 3.06. The van der Waals surface area contributed by atoms with Crippen LogP contribution in [0.3, 0.4) is 0 Å². The van der Waals surface area contributed by atoms with Crippen LogP contribution in [-0.4, -0.2) is 48.8 Å². The van der Waals surface area contributed by atoms with E-state index in [9.17, 15) is 18.0 Å². The lowest BCUT2D eigenvalue weighted by atomic mass is 10.2. The van der Waals surface area contributed by atoms with E-state index < -0.39 is 22.0 Å². The average Bonchev–Trinajstić information content (AvgIpc) is 2.41. The second kappa shape index (κ2) is 5.74. The number of nitrogens with one attached hydrogen (secondary N) is 1. The van der Waals surface area contributed by atoms with Crippen molar-refractivity contribution >= 4 is 37.8 Å². The SMILES string of the molecule is CC1C(=O)NCCN1S(=O)(=O)c1ccc(Br)c(C(=O)O)c1. The van der Waals surface area contributed by atoms with Crippen molar-refractivity contribution in [1.82, 2.24) is 9.62 Å². The van der Waals surface area contributed by atoms with E-state index in [-0.39, 0.29) is 29.5 Å². The van der Waals surface area contributed by atoms with Gasteiger partial charge in [-0.25, -0.2) is 13.2 Å². The largest absolute Gasteiger partial charge is 0.478 e. The Hall–Kier alpha value is -1.45. The third kappa shape index (κ3) is 2.94.